The molecule has 1 unspecified atom stereocenters. The Kier molecular flexibility index (Phi) is 5.06. The number of dihydropyridines is 1. The molecule has 0 aromatic heterocycles. The number of ketones is 1. The third-order valence-corrected chi connectivity index (χ3v) is 4.05. The Hall–Kier alpha value is -1.06. The summed E-state index contributed by atoms with van der Waals surface area (Å²) in [4.78, 5) is 12.5. The van der Waals surface area contributed by atoms with Gasteiger partial charge in [0.15, 0.2) is 5.78 Å². The highest BCUT2D eigenvalue weighted by molar-refractivity contribution is 9.11. The van der Waals surface area contributed by atoms with Crippen molar-refractivity contribution in [2.75, 3.05) is 0 Å². The molecule has 3 rings (SSSR count). The van der Waals surface area contributed by atoms with E-state index < -0.39 is 0 Å². The number of hydrogen-bond donors (Lipinski definition) is 1. The molecular formula is C16H17BrClNO. The minimum Gasteiger partial charge on any atom is -0.377 e. The van der Waals surface area contributed by atoms with Crippen LogP contribution in [0, 0.1) is 0 Å². The lowest BCUT2D eigenvalue weighted by Gasteiger charge is -2.21. The molecule has 1 aliphatic carbocycles. The first kappa shape index (κ1) is 15.3. The smallest absolute Gasteiger partial charge is 0.189 e. The molecule has 2 aliphatic rings. The van der Waals surface area contributed by atoms with Crippen molar-refractivity contribution < 1.29 is 4.79 Å². The standard InChI is InChI=1S/C14H11BrClNO.C2H6/c15-10-5-9-2-1-8-6-11(16)3-4-12(8)14(18)13(9)17-7-10;1-2/h3-7,13,17H,1-2H2;1-2H3. The number of fused-ring (bicyclic) bond motifs is 2. The number of rotatable bonds is 0. The zero-order valence-corrected chi connectivity index (χ0v) is 13.9. The summed E-state index contributed by atoms with van der Waals surface area (Å²) in [6.07, 6.45) is 5.59. The summed E-state index contributed by atoms with van der Waals surface area (Å²) in [7, 11) is 0. The third kappa shape index (κ3) is 2.99. The third-order valence-electron chi connectivity index (χ3n) is 3.36. The molecule has 1 aliphatic heterocycles. The number of hydrogen-bond acceptors (Lipinski definition) is 2. The van der Waals surface area contributed by atoms with Gasteiger partial charge in [-0.25, -0.2) is 0 Å². The normalized spacial score (nSPS) is 20.2. The van der Waals surface area contributed by atoms with E-state index >= 15 is 0 Å². The van der Waals surface area contributed by atoms with Gasteiger partial charge in [-0.15, -0.1) is 0 Å². The van der Waals surface area contributed by atoms with Crippen LogP contribution in [-0.2, 0) is 6.42 Å². The summed E-state index contributed by atoms with van der Waals surface area (Å²) >= 11 is 9.43. The molecule has 0 saturated carbocycles. The molecule has 2 nitrogen and oxygen atoms in total. The zero-order chi connectivity index (χ0) is 14.7. The SMILES string of the molecule is CC.O=C1c2ccc(Cl)cc2CCC2=CC(Br)=CNC12. The van der Waals surface area contributed by atoms with E-state index in [1.165, 1.54) is 0 Å². The van der Waals surface area contributed by atoms with E-state index in [-0.39, 0.29) is 11.8 Å². The van der Waals surface area contributed by atoms with Crippen molar-refractivity contribution >= 4 is 33.3 Å². The predicted molar refractivity (Wildman–Crippen MR) is 87.5 cm³/mol. The predicted octanol–water partition coefficient (Wildman–Crippen LogP) is 4.63. The second-order valence-corrected chi connectivity index (χ2v) is 5.87. The van der Waals surface area contributed by atoms with Crippen LogP contribution in [0.2, 0.25) is 5.02 Å². The van der Waals surface area contributed by atoms with E-state index in [0.29, 0.717) is 5.02 Å². The molecule has 1 heterocycles. The number of carbonyl (C=O) groups excluding carboxylic acids is 1. The monoisotopic (exact) mass is 353 g/mol. The summed E-state index contributed by atoms with van der Waals surface area (Å²) in [5.74, 6) is 0.127. The highest BCUT2D eigenvalue weighted by atomic mass is 79.9. The van der Waals surface area contributed by atoms with Gasteiger partial charge in [-0.05, 0) is 64.2 Å². The number of nitrogens with one attached hydrogen (secondary N) is 1. The molecule has 1 N–H and O–H groups in total. The Morgan fingerprint density at radius 3 is 2.80 bits per heavy atom. The molecule has 0 radical (unpaired) electrons. The fourth-order valence-corrected chi connectivity index (χ4v) is 3.10. The Labute approximate surface area is 133 Å². The van der Waals surface area contributed by atoms with E-state index in [2.05, 4.69) is 21.2 Å². The first-order chi connectivity index (χ1) is 9.65. The van der Waals surface area contributed by atoms with Crippen LogP contribution >= 0.6 is 27.5 Å². The van der Waals surface area contributed by atoms with Crippen molar-refractivity contribution in [2.45, 2.75) is 32.7 Å². The average Bonchev–Trinajstić information content (AvgIpc) is 2.59. The molecule has 1 aromatic rings. The number of carbonyl (C=O) groups is 1. The molecule has 1 aromatic carbocycles. The van der Waals surface area contributed by atoms with Crippen molar-refractivity contribution in [1.82, 2.24) is 5.32 Å². The van der Waals surface area contributed by atoms with Crippen LogP contribution in [0.3, 0.4) is 0 Å². The van der Waals surface area contributed by atoms with E-state index in [0.717, 1.165) is 34.0 Å². The van der Waals surface area contributed by atoms with Gasteiger partial charge in [0.05, 0.1) is 0 Å². The molecule has 1 atom stereocenters. The van der Waals surface area contributed by atoms with E-state index in [9.17, 15) is 4.79 Å². The first-order valence-electron chi connectivity index (χ1n) is 6.80. The summed E-state index contributed by atoms with van der Waals surface area (Å²) in [5, 5.41) is 3.84. The molecule has 0 saturated heterocycles. The molecule has 20 heavy (non-hydrogen) atoms. The lowest BCUT2D eigenvalue weighted by Crippen LogP contribution is -2.36. The number of halogens is 2. The van der Waals surface area contributed by atoms with E-state index in [1.807, 2.05) is 38.3 Å². The maximum absolute atomic E-state index is 12.5. The van der Waals surface area contributed by atoms with Crippen molar-refractivity contribution in [1.29, 1.82) is 0 Å². The van der Waals surface area contributed by atoms with Gasteiger partial charge >= 0.3 is 0 Å². The van der Waals surface area contributed by atoms with E-state index in [4.69, 9.17) is 11.6 Å². The number of Topliss-reactive ketones (excluding diaryl/α,β-unsaturated/α-hetero) is 1. The maximum atomic E-state index is 12.5. The maximum Gasteiger partial charge on any atom is 0.189 e. The zero-order valence-electron chi connectivity index (χ0n) is 11.5. The fourth-order valence-electron chi connectivity index (χ4n) is 2.48. The quantitative estimate of drug-likeness (QED) is 0.736. The Bertz CT molecular complexity index is 592. The van der Waals surface area contributed by atoms with Crippen molar-refractivity contribution in [3.63, 3.8) is 0 Å². The average molecular weight is 355 g/mol. The molecule has 4 heteroatoms. The minimum absolute atomic E-state index is 0.127. The van der Waals surface area contributed by atoms with Crippen LogP contribution in [0.4, 0.5) is 0 Å². The van der Waals surface area contributed by atoms with Gasteiger partial charge in [0.2, 0.25) is 0 Å². The first-order valence-corrected chi connectivity index (χ1v) is 7.97. The van der Waals surface area contributed by atoms with Gasteiger partial charge in [0, 0.05) is 21.3 Å². The van der Waals surface area contributed by atoms with Gasteiger partial charge in [0.1, 0.15) is 6.04 Å². The lowest BCUT2D eigenvalue weighted by atomic mass is 9.97. The highest BCUT2D eigenvalue weighted by Crippen LogP contribution is 2.30. The number of benzene rings is 1. The second-order valence-electron chi connectivity index (χ2n) is 4.51. The molecule has 106 valence electrons. The lowest BCUT2D eigenvalue weighted by molar-refractivity contribution is 0.0964. The molecule has 0 amide bonds. The Morgan fingerprint density at radius 1 is 1.30 bits per heavy atom. The fraction of sp³-hybridized carbons (Fsp3) is 0.312. The molecule has 0 spiro atoms. The minimum atomic E-state index is -0.228. The summed E-state index contributed by atoms with van der Waals surface area (Å²) < 4.78 is 0.977. The van der Waals surface area contributed by atoms with Gasteiger partial charge < -0.3 is 5.32 Å². The second kappa shape index (κ2) is 6.59. The van der Waals surface area contributed by atoms with Crippen LogP contribution in [0.15, 0.2) is 40.5 Å². The van der Waals surface area contributed by atoms with Crippen molar-refractivity contribution in [3.05, 3.63) is 56.7 Å². The van der Waals surface area contributed by atoms with E-state index in [1.54, 1.807) is 6.07 Å². The van der Waals surface area contributed by atoms with Gasteiger partial charge in [-0.2, -0.15) is 0 Å². The molecular weight excluding hydrogens is 338 g/mol. The number of aryl methyl sites for hydroxylation is 1. The van der Waals surface area contributed by atoms with Crippen LogP contribution in [0.25, 0.3) is 0 Å². The topological polar surface area (TPSA) is 29.1 Å². The van der Waals surface area contributed by atoms with Crippen LogP contribution in [0.5, 0.6) is 0 Å². The summed E-state index contributed by atoms with van der Waals surface area (Å²) in [5.41, 5.74) is 2.95. The van der Waals surface area contributed by atoms with Gasteiger partial charge in [-0.3, -0.25) is 4.79 Å². The van der Waals surface area contributed by atoms with Crippen LogP contribution < -0.4 is 5.32 Å². The highest BCUT2D eigenvalue weighted by Gasteiger charge is 2.29. The Balaban J connectivity index is 0.000000704. The van der Waals surface area contributed by atoms with Gasteiger partial charge in [-0.1, -0.05) is 25.4 Å². The number of allylic oxidation sites excluding steroid dienone is 2. The summed E-state index contributed by atoms with van der Waals surface area (Å²) in [6, 6.07) is 5.28. The van der Waals surface area contributed by atoms with Crippen LogP contribution in [0.1, 0.15) is 36.2 Å². The van der Waals surface area contributed by atoms with Crippen molar-refractivity contribution in [2.24, 2.45) is 0 Å². The molecule has 0 fully saturated rings. The van der Waals surface area contributed by atoms with Crippen LogP contribution in [-0.4, -0.2) is 11.8 Å². The Morgan fingerprint density at radius 2 is 2.05 bits per heavy atom. The van der Waals surface area contributed by atoms with Crippen molar-refractivity contribution in [3.8, 4) is 0 Å². The summed E-state index contributed by atoms with van der Waals surface area (Å²) in [6.45, 7) is 4.00. The largest absolute Gasteiger partial charge is 0.377 e. The molecule has 0 bridgehead atoms. The van der Waals surface area contributed by atoms with Gasteiger partial charge in [0.25, 0.3) is 0 Å².